The number of thiocarbonyl (C=S) groups is 1. The molecule has 0 saturated carbocycles. The summed E-state index contributed by atoms with van der Waals surface area (Å²) >= 11 is 8.77. The first-order valence-electron chi connectivity index (χ1n) is 8.55. The minimum Gasteiger partial charge on any atom is -0.326 e. The third kappa shape index (κ3) is 5.76. The van der Waals surface area contributed by atoms with Crippen LogP contribution < -0.4 is 5.32 Å². The molecule has 7 heteroatoms. The van der Waals surface area contributed by atoms with Crippen LogP contribution in [-0.2, 0) is 9.59 Å². The van der Waals surface area contributed by atoms with Crippen LogP contribution in [0.3, 0.4) is 0 Å². The van der Waals surface area contributed by atoms with Crippen molar-refractivity contribution in [2.75, 3.05) is 11.9 Å². The van der Waals surface area contributed by atoms with Gasteiger partial charge in [0.25, 0.3) is 5.91 Å². The Labute approximate surface area is 187 Å². The summed E-state index contributed by atoms with van der Waals surface area (Å²) in [7, 11) is 0. The summed E-state index contributed by atoms with van der Waals surface area (Å²) in [5.74, 6) is -0.307. The molecule has 0 spiro atoms. The molecule has 1 N–H and O–H groups in total. The van der Waals surface area contributed by atoms with Crippen molar-refractivity contribution in [1.29, 1.82) is 0 Å². The lowest BCUT2D eigenvalue weighted by atomic mass is 10.2. The molecule has 0 bridgehead atoms. The summed E-state index contributed by atoms with van der Waals surface area (Å²) in [4.78, 5) is 26.7. The van der Waals surface area contributed by atoms with Gasteiger partial charge in [-0.1, -0.05) is 66.5 Å². The number of carbonyl (C=O) groups is 2. The molecule has 4 nitrogen and oxygen atoms in total. The lowest BCUT2D eigenvalue weighted by Gasteiger charge is -2.14. The average molecular weight is 520 g/mol. The fourth-order valence-corrected chi connectivity index (χ4v) is 4.11. The van der Waals surface area contributed by atoms with Gasteiger partial charge in [0, 0.05) is 22.2 Å². The topological polar surface area (TPSA) is 49.4 Å². The standard InChI is InChI=1S/C21H17IN2O2S2/c22-16-9-11-17(12-10-16)23-19(25)13-14-24-20(26)18(28-21(24)27)8-4-7-15-5-2-1-3-6-15/h1-12H,13-14H2,(H,23,25)/b7-4+,18-8-. The van der Waals surface area contributed by atoms with Gasteiger partial charge in [-0.3, -0.25) is 14.5 Å². The van der Waals surface area contributed by atoms with Gasteiger partial charge in [0.1, 0.15) is 4.32 Å². The number of allylic oxidation sites excluding steroid dienone is 2. The van der Waals surface area contributed by atoms with E-state index in [1.807, 2.05) is 66.7 Å². The Kier molecular flexibility index (Phi) is 7.41. The molecular weight excluding hydrogens is 503 g/mol. The summed E-state index contributed by atoms with van der Waals surface area (Å²) in [5, 5.41) is 2.83. The zero-order valence-electron chi connectivity index (χ0n) is 14.8. The van der Waals surface area contributed by atoms with Crippen LogP contribution >= 0.6 is 46.6 Å². The minimum absolute atomic E-state index is 0.150. The van der Waals surface area contributed by atoms with Gasteiger partial charge in [0.05, 0.1) is 4.91 Å². The first kappa shape index (κ1) is 20.8. The number of rotatable bonds is 6. The summed E-state index contributed by atoms with van der Waals surface area (Å²) in [5.41, 5.74) is 1.79. The van der Waals surface area contributed by atoms with Crippen molar-refractivity contribution in [1.82, 2.24) is 4.90 Å². The average Bonchev–Trinajstić information content (AvgIpc) is 2.96. The van der Waals surface area contributed by atoms with E-state index in [1.54, 1.807) is 6.08 Å². The first-order valence-corrected chi connectivity index (χ1v) is 10.9. The van der Waals surface area contributed by atoms with Gasteiger partial charge in [0.15, 0.2) is 0 Å². The Bertz CT molecular complexity index is 941. The van der Waals surface area contributed by atoms with Gasteiger partial charge in [-0.2, -0.15) is 0 Å². The highest BCUT2D eigenvalue weighted by Crippen LogP contribution is 2.31. The number of benzene rings is 2. The van der Waals surface area contributed by atoms with Gasteiger partial charge in [-0.15, -0.1) is 0 Å². The van der Waals surface area contributed by atoms with E-state index in [2.05, 4.69) is 27.9 Å². The molecule has 1 aliphatic heterocycles. The van der Waals surface area contributed by atoms with E-state index in [-0.39, 0.29) is 24.8 Å². The molecule has 0 atom stereocenters. The number of halogens is 1. The quantitative estimate of drug-likeness (QED) is 0.328. The molecule has 2 aromatic carbocycles. The van der Waals surface area contributed by atoms with Crippen molar-refractivity contribution in [3.05, 3.63) is 80.8 Å². The van der Waals surface area contributed by atoms with E-state index in [9.17, 15) is 9.59 Å². The van der Waals surface area contributed by atoms with Gasteiger partial charge in [-0.25, -0.2) is 0 Å². The first-order chi connectivity index (χ1) is 13.5. The molecule has 2 amide bonds. The second kappa shape index (κ2) is 9.99. The van der Waals surface area contributed by atoms with Crippen molar-refractivity contribution >= 4 is 74.5 Å². The number of anilines is 1. The van der Waals surface area contributed by atoms with Crippen molar-refractivity contribution in [2.45, 2.75) is 6.42 Å². The zero-order chi connectivity index (χ0) is 19.9. The van der Waals surface area contributed by atoms with E-state index >= 15 is 0 Å². The molecule has 1 aliphatic rings. The van der Waals surface area contributed by atoms with E-state index in [1.165, 1.54) is 16.7 Å². The lowest BCUT2D eigenvalue weighted by molar-refractivity contribution is -0.122. The predicted molar refractivity (Wildman–Crippen MR) is 128 cm³/mol. The smallest absolute Gasteiger partial charge is 0.266 e. The van der Waals surface area contributed by atoms with Crippen LogP contribution in [0.5, 0.6) is 0 Å². The molecule has 0 aliphatic carbocycles. The van der Waals surface area contributed by atoms with Crippen LogP contribution in [0.4, 0.5) is 5.69 Å². The number of amides is 2. The number of hydrogen-bond acceptors (Lipinski definition) is 4. The third-order valence-electron chi connectivity index (χ3n) is 3.90. The number of nitrogens with one attached hydrogen (secondary N) is 1. The van der Waals surface area contributed by atoms with Gasteiger partial charge < -0.3 is 5.32 Å². The molecule has 142 valence electrons. The molecule has 1 heterocycles. The van der Waals surface area contributed by atoms with Crippen molar-refractivity contribution < 1.29 is 9.59 Å². The molecule has 28 heavy (non-hydrogen) atoms. The van der Waals surface area contributed by atoms with Gasteiger partial charge >= 0.3 is 0 Å². The number of hydrogen-bond donors (Lipinski definition) is 1. The molecule has 2 aromatic rings. The van der Waals surface area contributed by atoms with Crippen LogP contribution in [0.2, 0.25) is 0 Å². The number of nitrogens with zero attached hydrogens (tertiary/aromatic N) is 1. The van der Waals surface area contributed by atoms with Crippen molar-refractivity contribution in [3.8, 4) is 0 Å². The normalized spacial score (nSPS) is 15.6. The van der Waals surface area contributed by atoms with Crippen LogP contribution in [0.25, 0.3) is 6.08 Å². The number of thioether (sulfide) groups is 1. The minimum atomic E-state index is -0.158. The Morgan fingerprint density at radius 1 is 1.14 bits per heavy atom. The summed E-state index contributed by atoms with van der Waals surface area (Å²) in [6.45, 7) is 0.264. The number of carbonyl (C=O) groups excluding carboxylic acids is 2. The maximum atomic E-state index is 12.5. The Hall–Kier alpha value is -1.97. The van der Waals surface area contributed by atoms with Gasteiger partial charge in [0.2, 0.25) is 5.91 Å². The highest BCUT2D eigenvalue weighted by atomic mass is 127. The van der Waals surface area contributed by atoms with E-state index in [0.717, 1.165) is 14.8 Å². The molecular formula is C21H17IN2O2S2. The van der Waals surface area contributed by atoms with Crippen LogP contribution in [0, 0.1) is 3.57 Å². The maximum absolute atomic E-state index is 12.5. The van der Waals surface area contributed by atoms with Crippen molar-refractivity contribution in [3.63, 3.8) is 0 Å². The van der Waals surface area contributed by atoms with Gasteiger partial charge in [-0.05, 0) is 58.5 Å². The Morgan fingerprint density at radius 2 is 1.86 bits per heavy atom. The van der Waals surface area contributed by atoms with Crippen LogP contribution in [-0.4, -0.2) is 27.6 Å². The van der Waals surface area contributed by atoms with Crippen LogP contribution in [0.1, 0.15) is 12.0 Å². The van der Waals surface area contributed by atoms with Crippen LogP contribution in [0.15, 0.2) is 71.7 Å². The molecule has 0 radical (unpaired) electrons. The molecule has 1 fully saturated rings. The summed E-state index contributed by atoms with van der Waals surface area (Å²) in [6.07, 6.45) is 5.72. The molecule has 0 aromatic heterocycles. The summed E-state index contributed by atoms with van der Waals surface area (Å²) < 4.78 is 1.58. The highest BCUT2D eigenvalue weighted by molar-refractivity contribution is 14.1. The third-order valence-corrected chi connectivity index (χ3v) is 6.02. The Morgan fingerprint density at radius 3 is 2.57 bits per heavy atom. The second-order valence-electron chi connectivity index (χ2n) is 5.93. The Balaban J connectivity index is 1.54. The highest BCUT2D eigenvalue weighted by Gasteiger charge is 2.31. The molecule has 0 unspecified atom stereocenters. The second-order valence-corrected chi connectivity index (χ2v) is 8.85. The largest absolute Gasteiger partial charge is 0.326 e. The predicted octanol–water partition coefficient (Wildman–Crippen LogP) is 5.08. The lowest BCUT2D eigenvalue weighted by Crippen LogP contribution is -2.31. The van der Waals surface area contributed by atoms with E-state index in [4.69, 9.17) is 12.2 Å². The fourth-order valence-electron chi connectivity index (χ4n) is 2.49. The summed E-state index contributed by atoms with van der Waals surface area (Å²) in [6, 6.07) is 17.4. The van der Waals surface area contributed by atoms with E-state index < -0.39 is 0 Å². The maximum Gasteiger partial charge on any atom is 0.266 e. The molecule has 1 saturated heterocycles. The zero-order valence-corrected chi connectivity index (χ0v) is 18.6. The molecule has 3 rings (SSSR count). The van der Waals surface area contributed by atoms with E-state index in [0.29, 0.717) is 9.23 Å². The SMILES string of the molecule is O=C(CCN1C(=O)/C(=C/C=C/c2ccccc2)SC1=S)Nc1ccc(I)cc1. The fraction of sp³-hybridized carbons (Fsp3) is 0.0952. The van der Waals surface area contributed by atoms with Crippen molar-refractivity contribution in [2.24, 2.45) is 0 Å². The monoisotopic (exact) mass is 520 g/mol.